The minimum atomic E-state index is 0.177. The maximum absolute atomic E-state index is 12.8. The molecule has 5 heteroatoms. The number of piperidine rings is 1. The molecule has 24 heavy (non-hydrogen) atoms. The molecule has 2 unspecified atom stereocenters. The van der Waals surface area contributed by atoms with Gasteiger partial charge in [-0.15, -0.1) is 11.3 Å². The summed E-state index contributed by atoms with van der Waals surface area (Å²) in [5.41, 5.74) is 6.08. The lowest BCUT2D eigenvalue weighted by atomic mass is 9.86. The first-order valence-corrected chi connectivity index (χ1v) is 9.67. The molecule has 1 aromatic heterocycles. The Kier molecular flexibility index (Phi) is 4.57. The van der Waals surface area contributed by atoms with Gasteiger partial charge in [-0.3, -0.25) is 4.79 Å². The van der Waals surface area contributed by atoms with Crippen LogP contribution in [0.15, 0.2) is 30.3 Å². The van der Waals surface area contributed by atoms with Gasteiger partial charge in [0.15, 0.2) is 0 Å². The molecule has 0 bridgehead atoms. The lowest BCUT2D eigenvalue weighted by molar-refractivity contribution is -0.0419. The quantitative estimate of drug-likeness (QED) is 0.910. The third-order valence-corrected chi connectivity index (χ3v) is 6.45. The minimum absolute atomic E-state index is 0.177. The molecule has 0 aliphatic carbocycles. The van der Waals surface area contributed by atoms with Crippen molar-refractivity contribution in [3.8, 4) is 0 Å². The first-order chi connectivity index (χ1) is 11.7. The van der Waals surface area contributed by atoms with Gasteiger partial charge in [0.1, 0.15) is 0 Å². The monoisotopic (exact) mass is 344 g/mol. The average Bonchev–Trinajstić information content (AvgIpc) is 3.05. The number of carbonyl (C=O) groups is 1. The lowest BCUT2D eigenvalue weighted by Gasteiger charge is -2.38. The molecule has 0 saturated carbocycles. The third-order valence-electron chi connectivity index (χ3n) is 5.34. The summed E-state index contributed by atoms with van der Waals surface area (Å²) in [6.45, 7) is 2.44. The molecule has 2 aromatic rings. The fourth-order valence-corrected chi connectivity index (χ4v) is 4.93. The zero-order valence-corrected chi connectivity index (χ0v) is 14.6. The van der Waals surface area contributed by atoms with Gasteiger partial charge in [0, 0.05) is 30.4 Å². The molecule has 2 saturated heterocycles. The van der Waals surface area contributed by atoms with E-state index in [4.69, 9.17) is 10.5 Å². The second-order valence-corrected chi connectivity index (χ2v) is 8.06. The number of rotatable bonds is 2. The fraction of sp³-hybridized carbons (Fsp3) is 0.526. The van der Waals surface area contributed by atoms with E-state index in [0.717, 1.165) is 55.6 Å². The van der Waals surface area contributed by atoms with Crippen LogP contribution >= 0.6 is 11.3 Å². The molecule has 4 nitrogen and oxygen atoms in total. The molecule has 3 heterocycles. The van der Waals surface area contributed by atoms with Crippen molar-refractivity contribution < 1.29 is 9.53 Å². The number of hydrogen-bond donors (Lipinski definition) is 1. The maximum atomic E-state index is 12.8. The number of thiophene rings is 1. The van der Waals surface area contributed by atoms with Crippen LogP contribution in [0.1, 0.15) is 35.4 Å². The summed E-state index contributed by atoms with van der Waals surface area (Å²) in [4.78, 5) is 15.6. The zero-order chi connectivity index (χ0) is 16.5. The van der Waals surface area contributed by atoms with Crippen LogP contribution in [0, 0.1) is 5.92 Å². The Morgan fingerprint density at radius 3 is 2.75 bits per heavy atom. The van der Waals surface area contributed by atoms with Crippen molar-refractivity contribution in [1.29, 1.82) is 0 Å². The van der Waals surface area contributed by atoms with Crippen molar-refractivity contribution >= 4 is 27.3 Å². The molecule has 4 rings (SSSR count). The van der Waals surface area contributed by atoms with E-state index in [1.807, 2.05) is 23.1 Å². The summed E-state index contributed by atoms with van der Waals surface area (Å²) in [6, 6.07) is 10.5. The number of hydrogen-bond acceptors (Lipinski definition) is 4. The third kappa shape index (κ3) is 3.21. The minimum Gasteiger partial charge on any atom is -0.378 e. The highest BCUT2D eigenvalue weighted by molar-refractivity contribution is 7.20. The van der Waals surface area contributed by atoms with E-state index in [0.29, 0.717) is 5.92 Å². The van der Waals surface area contributed by atoms with Crippen LogP contribution in [0.25, 0.3) is 10.1 Å². The van der Waals surface area contributed by atoms with Crippen LogP contribution < -0.4 is 5.73 Å². The number of nitrogens with zero attached hydrogens (tertiary/aromatic N) is 1. The summed E-state index contributed by atoms with van der Waals surface area (Å²) in [6.07, 6.45) is 4.27. The largest absolute Gasteiger partial charge is 0.378 e. The van der Waals surface area contributed by atoms with Crippen molar-refractivity contribution in [3.05, 3.63) is 35.2 Å². The Balaban J connectivity index is 1.39. The molecule has 2 aliphatic heterocycles. The number of nitrogens with two attached hydrogens (primary N) is 1. The van der Waals surface area contributed by atoms with Gasteiger partial charge in [-0.2, -0.15) is 0 Å². The standard InChI is InChI=1S/C19H24N2O2S/c20-15-7-10-23-16(12-15)13-5-8-21(9-6-13)19(22)18-11-14-3-1-2-4-17(14)24-18/h1-4,11,13,15-16H,5-10,12,20H2. The number of carbonyl (C=O) groups excluding carboxylic acids is 1. The number of benzene rings is 1. The van der Waals surface area contributed by atoms with E-state index >= 15 is 0 Å². The van der Waals surface area contributed by atoms with Gasteiger partial charge >= 0.3 is 0 Å². The normalized spacial score (nSPS) is 26.0. The van der Waals surface area contributed by atoms with Crippen LogP contribution in [0.2, 0.25) is 0 Å². The van der Waals surface area contributed by atoms with Crippen LogP contribution in [0.3, 0.4) is 0 Å². The van der Waals surface area contributed by atoms with Gasteiger partial charge in [0.2, 0.25) is 0 Å². The highest BCUT2D eigenvalue weighted by Crippen LogP contribution is 2.31. The van der Waals surface area contributed by atoms with E-state index in [1.165, 1.54) is 4.70 Å². The average molecular weight is 344 g/mol. The molecule has 2 aliphatic rings. The number of fused-ring (bicyclic) bond motifs is 1. The maximum Gasteiger partial charge on any atom is 0.263 e. The first-order valence-electron chi connectivity index (χ1n) is 8.86. The Morgan fingerprint density at radius 2 is 2.00 bits per heavy atom. The molecule has 128 valence electrons. The Bertz CT molecular complexity index is 688. The van der Waals surface area contributed by atoms with Crippen LogP contribution in [-0.4, -0.2) is 42.6 Å². The van der Waals surface area contributed by atoms with Gasteiger partial charge in [-0.1, -0.05) is 18.2 Å². The van der Waals surface area contributed by atoms with E-state index in [2.05, 4.69) is 12.1 Å². The molecule has 0 spiro atoms. The smallest absolute Gasteiger partial charge is 0.263 e. The van der Waals surface area contributed by atoms with Gasteiger partial charge < -0.3 is 15.4 Å². The van der Waals surface area contributed by atoms with Crippen LogP contribution in [-0.2, 0) is 4.74 Å². The number of likely N-dealkylation sites (tertiary alicyclic amines) is 1. The summed E-state index contributed by atoms with van der Waals surface area (Å²) in [7, 11) is 0. The Morgan fingerprint density at radius 1 is 1.21 bits per heavy atom. The van der Waals surface area contributed by atoms with Gasteiger partial charge in [0.25, 0.3) is 5.91 Å². The SMILES string of the molecule is NC1CCOC(C2CCN(C(=O)c3cc4ccccc4s3)CC2)C1. The molecular formula is C19H24N2O2S. The molecule has 1 aromatic carbocycles. The van der Waals surface area contributed by atoms with E-state index in [-0.39, 0.29) is 18.1 Å². The van der Waals surface area contributed by atoms with Crippen LogP contribution in [0.4, 0.5) is 0 Å². The molecule has 0 radical (unpaired) electrons. The first kappa shape index (κ1) is 16.1. The molecule has 2 fully saturated rings. The Hall–Kier alpha value is -1.43. The van der Waals surface area contributed by atoms with Gasteiger partial charge in [0.05, 0.1) is 11.0 Å². The van der Waals surface area contributed by atoms with Crippen molar-refractivity contribution in [2.45, 2.75) is 37.8 Å². The van der Waals surface area contributed by atoms with E-state index < -0.39 is 0 Å². The molecule has 2 N–H and O–H groups in total. The number of ether oxygens (including phenoxy) is 1. The lowest BCUT2D eigenvalue weighted by Crippen LogP contribution is -2.45. The van der Waals surface area contributed by atoms with E-state index in [9.17, 15) is 4.79 Å². The predicted octanol–water partition coefficient (Wildman–Crippen LogP) is 3.26. The molecule has 2 atom stereocenters. The summed E-state index contributed by atoms with van der Waals surface area (Å²) >= 11 is 1.60. The van der Waals surface area contributed by atoms with E-state index in [1.54, 1.807) is 11.3 Å². The molecule has 1 amide bonds. The van der Waals surface area contributed by atoms with Crippen molar-refractivity contribution in [1.82, 2.24) is 4.90 Å². The number of amides is 1. The van der Waals surface area contributed by atoms with Crippen LogP contribution in [0.5, 0.6) is 0 Å². The topological polar surface area (TPSA) is 55.6 Å². The second-order valence-electron chi connectivity index (χ2n) is 6.97. The van der Waals surface area contributed by atoms with Crippen molar-refractivity contribution in [3.63, 3.8) is 0 Å². The second kappa shape index (κ2) is 6.82. The summed E-state index contributed by atoms with van der Waals surface area (Å²) in [5.74, 6) is 0.721. The Labute approximate surface area is 146 Å². The molecular weight excluding hydrogens is 320 g/mol. The highest BCUT2D eigenvalue weighted by Gasteiger charge is 2.32. The highest BCUT2D eigenvalue weighted by atomic mass is 32.1. The van der Waals surface area contributed by atoms with Crippen molar-refractivity contribution in [2.75, 3.05) is 19.7 Å². The fourth-order valence-electron chi connectivity index (χ4n) is 3.90. The van der Waals surface area contributed by atoms with Crippen molar-refractivity contribution in [2.24, 2.45) is 11.7 Å². The summed E-state index contributed by atoms with van der Waals surface area (Å²) < 4.78 is 7.11. The predicted molar refractivity (Wildman–Crippen MR) is 97.4 cm³/mol. The summed E-state index contributed by atoms with van der Waals surface area (Å²) in [5, 5.41) is 1.16. The van der Waals surface area contributed by atoms with Gasteiger partial charge in [-0.05, 0) is 49.1 Å². The van der Waals surface area contributed by atoms with Gasteiger partial charge in [-0.25, -0.2) is 0 Å². The zero-order valence-electron chi connectivity index (χ0n) is 13.8.